The van der Waals surface area contributed by atoms with Crippen LogP contribution in [0.5, 0.6) is 0 Å². The molecule has 4 nitrogen and oxygen atoms in total. The lowest BCUT2D eigenvalue weighted by molar-refractivity contribution is -0.131. The van der Waals surface area contributed by atoms with E-state index in [4.69, 9.17) is 16.4 Å². The van der Waals surface area contributed by atoms with E-state index in [1.54, 1.807) is 6.07 Å². The Hall–Kier alpha value is -1.62. The fourth-order valence-corrected chi connectivity index (χ4v) is 2.07. The van der Waals surface area contributed by atoms with Gasteiger partial charge >= 0.3 is 0 Å². The first kappa shape index (κ1) is 13.8. The molecule has 0 unspecified atom stereocenters. The van der Waals surface area contributed by atoms with Crippen molar-refractivity contribution in [2.75, 3.05) is 6.54 Å². The molecule has 6 heteroatoms. The molecule has 0 saturated carbocycles. The molecule has 0 fully saturated rings. The number of nitrogens with zero attached hydrogens (tertiary/aromatic N) is 1. The molecule has 1 N–H and O–H groups in total. The van der Waals surface area contributed by atoms with E-state index < -0.39 is 11.9 Å². The summed E-state index contributed by atoms with van der Waals surface area (Å²) in [5, 5.41) is 6.74. The molecule has 1 aliphatic heterocycles. The van der Waals surface area contributed by atoms with E-state index in [2.05, 4.69) is 10.5 Å². The molecule has 19 heavy (non-hydrogen) atoms. The van der Waals surface area contributed by atoms with Crippen molar-refractivity contribution < 1.29 is 14.0 Å². The molecule has 0 aromatic heterocycles. The molecule has 0 radical (unpaired) electrons. The molecule has 0 aliphatic carbocycles. The molecule has 0 spiro atoms. The van der Waals surface area contributed by atoms with Gasteiger partial charge in [-0.15, -0.1) is 0 Å². The second-order valence-electron chi connectivity index (χ2n) is 4.22. The lowest BCUT2D eigenvalue weighted by atomic mass is 10.0. The monoisotopic (exact) mass is 284 g/mol. The largest absolute Gasteiger partial charge is 0.382 e. The normalized spacial score (nSPS) is 17.8. The second-order valence-corrected chi connectivity index (χ2v) is 4.63. The minimum Gasteiger partial charge on any atom is -0.382 e. The predicted octanol–water partition coefficient (Wildman–Crippen LogP) is 2.50. The zero-order valence-electron chi connectivity index (χ0n) is 10.5. The third-order valence-electron chi connectivity index (χ3n) is 2.76. The van der Waals surface area contributed by atoms with Gasteiger partial charge in [-0.25, -0.2) is 4.39 Å². The zero-order valence-corrected chi connectivity index (χ0v) is 11.2. The Bertz CT molecular complexity index is 499. The van der Waals surface area contributed by atoms with Crippen LogP contribution in [0.4, 0.5) is 4.39 Å². The molecule has 0 saturated heterocycles. The fourth-order valence-electron chi connectivity index (χ4n) is 1.80. The topological polar surface area (TPSA) is 50.7 Å². The number of carbonyl (C=O) groups excluding carboxylic acids is 1. The Morgan fingerprint density at radius 3 is 3.11 bits per heavy atom. The van der Waals surface area contributed by atoms with Gasteiger partial charge in [-0.05, 0) is 18.6 Å². The van der Waals surface area contributed by atoms with Crippen LogP contribution in [0.15, 0.2) is 23.4 Å². The van der Waals surface area contributed by atoms with Gasteiger partial charge in [0.25, 0.3) is 5.91 Å². The van der Waals surface area contributed by atoms with Gasteiger partial charge in [0, 0.05) is 13.0 Å². The highest BCUT2D eigenvalue weighted by Crippen LogP contribution is 2.25. The van der Waals surface area contributed by atoms with Gasteiger partial charge in [0.15, 0.2) is 0 Å². The van der Waals surface area contributed by atoms with Crippen LogP contribution in [0.3, 0.4) is 0 Å². The maximum Gasteiger partial charge on any atom is 0.264 e. The lowest BCUT2D eigenvalue weighted by Crippen LogP contribution is -2.35. The quantitative estimate of drug-likeness (QED) is 0.923. The number of rotatable bonds is 4. The summed E-state index contributed by atoms with van der Waals surface area (Å²) in [4.78, 5) is 16.8. The highest BCUT2D eigenvalue weighted by molar-refractivity contribution is 6.34. The van der Waals surface area contributed by atoms with Gasteiger partial charge in [0.05, 0.1) is 16.3 Å². The van der Waals surface area contributed by atoms with Gasteiger partial charge in [0.2, 0.25) is 6.10 Å². The predicted molar refractivity (Wildman–Crippen MR) is 70.7 cm³/mol. The van der Waals surface area contributed by atoms with Crippen molar-refractivity contribution in [3.05, 3.63) is 34.6 Å². The number of nitrogens with one attached hydrogen (secondary N) is 1. The van der Waals surface area contributed by atoms with Crippen molar-refractivity contribution in [1.29, 1.82) is 0 Å². The lowest BCUT2D eigenvalue weighted by Gasteiger charge is -2.08. The van der Waals surface area contributed by atoms with Gasteiger partial charge in [0.1, 0.15) is 5.82 Å². The zero-order chi connectivity index (χ0) is 13.8. The van der Waals surface area contributed by atoms with Crippen molar-refractivity contribution in [3.8, 4) is 0 Å². The van der Waals surface area contributed by atoms with Crippen molar-refractivity contribution >= 4 is 23.2 Å². The minimum atomic E-state index is -0.711. The smallest absolute Gasteiger partial charge is 0.264 e. The maximum atomic E-state index is 13.7. The Labute approximate surface area is 115 Å². The Morgan fingerprint density at radius 1 is 1.63 bits per heavy atom. The molecule has 1 heterocycles. The highest BCUT2D eigenvalue weighted by Gasteiger charge is 2.30. The summed E-state index contributed by atoms with van der Waals surface area (Å²) < 4.78 is 13.7. The minimum absolute atomic E-state index is 0.204. The van der Waals surface area contributed by atoms with Crippen LogP contribution >= 0.6 is 11.6 Å². The van der Waals surface area contributed by atoms with Crippen LogP contribution in [0, 0.1) is 5.82 Å². The molecular weight excluding hydrogens is 271 g/mol. The molecule has 1 aliphatic rings. The maximum absolute atomic E-state index is 13.7. The number of benzene rings is 1. The van der Waals surface area contributed by atoms with Crippen molar-refractivity contribution in [2.45, 2.75) is 25.9 Å². The van der Waals surface area contributed by atoms with Crippen LogP contribution in [-0.2, 0) is 9.63 Å². The average Bonchev–Trinajstić information content (AvgIpc) is 2.85. The van der Waals surface area contributed by atoms with E-state index in [0.717, 1.165) is 6.42 Å². The first-order valence-corrected chi connectivity index (χ1v) is 6.46. The average molecular weight is 285 g/mol. The summed E-state index contributed by atoms with van der Waals surface area (Å²) in [6, 6.07) is 4.39. The summed E-state index contributed by atoms with van der Waals surface area (Å²) >= 11 is 5.94. The van der Waals surface area contributed by atoms with Crippen LogP contribution in [0.1, 0.15) is 25.3 Å². The number of hydrogen-bond acceptors (Lipinski definition) is 3. The summed E-state index contributed by atoms with van der Waals surface area (Å²) in [5.74, 6) is -0.711. The van der Waals surface area contributed by atoms with E-state index >= 15 is 0 Å². The first-order valence-electron chi connectivity index (χ1n) is 6.08. The molecular formula is C13H14ClFN2O2. The number of hydrogen-bond donors (Lipinski definition) is 1. The molecule has 1 aromatic carbocycles. The van der Waals surface area contributed by atoms with E-state index in [0.29, 0.717) is 12.3 Å². The first-order chi connectivity index (χ1) is 9.13. The second kappa shape index (κ2) is 6.02. The number of halogens is 2. The van der Waals surface area contributed by atoms with Gasteiger partial charge in [-0.3, -0.25) is 4.79 Å². The number of oxime groups is 1. The highest BCUT2D eigenvalue weighted by atomic mass is 35.5. The third kappa shape index (κ3) is 3.04. The summed E-state index contributed by atoms with van der Waals surface area (Å²) in [6.07, 6.45) is 0.346. The fraction of sp³-hybridized carbons (Fsp3) is 0.385. The molecule has 1 aromatic rings. The summed E-state index contributed by atoms with van der Waals surface area (Å²) in [5.41, 5.74) is 0.565. The molecule has 0 bridgehead atoms. The van der Waals surface area contributed by atoms with E-state index in [9.17, 15) is 9.18 Å². The van der Waals surface area contributed by atoms with E-state index in [1.165, 1.54) is 12.1 Å². The van der Waals surface area contributed by atoms with Crippen LogP contribution < -0.4 is 5.32 Å². The molecule has 1 atom stereocenters. The van der Waals surface area contributed by atoms with Crippen LogP contribution in [-0.4, -0.2) is 24.3 Å². The van der Waals surface area contributed by atoms with Crippen molar-refractivity contribution in [3.63, 3.8) is 0 Å². The van der Waals surface area contributed by atoms with Gasteiger partial charge in [-0.2, -0.15) is 0 Å². The molecule has 2 rings (SSSR count). The molecule has 102 valence electrons. The summed E-state index contributed by atoms with van der Waals surface area (Å²) in [6.45, 7) is 2.53. The van der Waals surface area contributed by atoms with E-state index in [1.807, 2.05) is 6.92 Å². The van der Waals surface area contributed by atoms with Crippen LogP contribution in [0.25, 0.3) is 0 Å². The summed E-state index contributed by atoms with van der Waals surface area (Å²) in [7, 11) is 0. The van der Waals surface area contributed by atoms with E-state index in [-0.39, 0.29) is 22.9 Å². The third-order valence-corrected chi connectivity index (χ3v) is 3.08. The molecule has 1 amide bonds. The Balaban J connectivity index is 2.08. The van der Waals surface area contributed by atoms with Gasteiger partial charge < -0.3 is 10.2 Å². The van der Waals surface area contributed by atoms with Crippen LogP contribution in [0.2, 0.25) is 5.02 Å². The van der Waals surface area contributed by atoms with Gasteiger partial charge in [-0.1, -0.05) is 29.7 Å². The SMILES string of the molecule is CCCNC(=O)[C@H]1CC(c2c(F)cccc2Cl)=NO1. The Morgan fingerprint density at radius 2 is 2.42 bits per heavy atom. The van der Waals surface area contributed by atoms with Crippen molar-refractivity contribution in [2.24, 2.45) is 5.16 Å². The number of carbonyl (C=O) groups is 1. The standard InChI is InChI=1S/C13H14ClFN2O2/c1-2-6-16-13(18)11-7-10(17-19-11)12-8(14)4-3-5-9(12)15/h3-5,11H,2,6-7H2,1H3,(H,16,18)/t11-/m1/s1. The Kier molecular flexibility index (Phi) is 4.37. The van der Waals surface area contributed by atoms with Crippen molar-refractivity contribution in [1.82, 2.24) is 5.32 Å². The number of amides is 1.